The Labute approximate surface area is 64.7 Å². The minimum Gasteiger partial charge on any atom is -0.408 e. The Morgan fingerprint density at radius 3 is 2.91 bits per heavy atom. The molecule has 0 spiro atoms. The van der Waals surface area contributed by atoms with Gasteiger partial charge in [-0.15, -0.1) is 0 Å². The van der Waals surface area contributed by atoms with Crippen LogP contribution in [0.1, 0.15) is 6.42 Å². The Balaban J connectivity index is 2.49. The second kappa shape index (κ2) is 3.22. The molecular formula is C6H9O4P. The van der Waals surface area contributed by atoms with E-state index in [1.165, 1.54) is 0 Å². The Kier molecular flexibility index (Phi) is 2.49. The molecule has 0 aromatic heterocycles. The van der Waals surface area contributed by atoms with Crippen molar-refractivity contribution in [2.75, 3.05) is 7.11 Å². The molecule has 1 unspecified atom stereocenters. The van der Waals surface area contributed by atoms with E-state index in [1.54, 1.807) is 12.2 Å². The van der Waals surface area contributed by atoms with E-state index in [4.69, 9.17) is 4.89 Å². The van der Waals surface area contributed by atoms with Crippen LogP contribution in [0, 0.1) is 0 Å². The SMILES string of the molecule is COP(=O)(O)OC1=CC=CC1. The highest BCUT2D eigenvalue weighted by atomic mass is 31.2. The molecule has 1 N–H and O–H groups in total. The Hall–Kier alpha value is -0.570. The molecule has 0 radical (unpaired) electrons. The predicted octanol–water partition coefficient (Wildman–Crippen LogP) is 1.59. The molecule has 62 valence electrons. The van der Waals surface area contributed by atoms with Gasteiger partial charge in [-0.1, -0.05) is 12.2 Å². The third kappa shape index (κ3) is 2.50. The maximum absolute atomic E-state index is 10.8. The quantitative estimate of drug-likeness (QED) is 0.663. The van der Waals surface area contributed by atoms with Gasteiger partial charge in [0.25, 0.3) is 0 Å². The molecule has 0 bridgehead atoms. The Bertz CT molecular complexity index is 243. The highest BCUT2D eigenvalue weighted by Gasteiger charge is 2.21. The lowest BCUT2D eigenvalue weighted by Crippen LogP contribution is -1.89. The van der Waals surface area contributed by atoms with E-state index >= 15 is 0 Å². The third-order valence-corrected chi connectivity index (χ3v) is 2.13. The summed E-state index contributed by atoms with van der Waals surface area (Å²) < 4.78 is 19.6. The van der Waals surface area contributed by atoms with Crippen molar-refractivity contribution >= 4 is 7.82 Å². The highest BCUT2D eigenvalue weighted by molar-refractivity contribution is 7.47. The zero-order valence-corrected chi connectivity index (χ0v) is 6.95. The largest absolute Gasteiger partial charge is 0.526 e. The summed E-state index contributed by atoms with van der Waals surface area (Å²) in [6, 6.07) is 0. The molecule has 5 heteroatoms. The fraction of sp³-hybridized carbons (Fsp3) is 0.333. The number of hydrogen-bond acceptors (Lipinski definition) is 3. The fourth-order valence-corrected chi connectivity index (χ4v) is 1.19. The molecule has 0 aliphatic heterocycles. The van der Waals surface area contributed by atoms with Crippen molar-refractivity contribution in [3.8, 4) is 0 Å². The molecule has 11 heavy (non-hydrogen) atoms. The minimum atomic E-state index is -3.83. The summed E-state index contributed by atoms with van der Waals surface area (Å²) in [5.74, 6) is 0.456. The van der Waals surface area contributed by atoms with Gasteiger partial charge in [-0.25, -0.2) is 4.57 Å². The Morgan fingerprint density at radius 1 is 1.73 bits per heavy atom. The van der Waals surface area contributed by atoms with Gasteiger partial charge in [-0.05, 0) is 6.08 Å². The zero-order valence-electron chi connectivity index (χ0n) is 6.06. The summed E-state index contributed by atoms with van der Waals surface area (Å²) in [7, 11) is -2.70. The van der Waals surface area contributed by atoms with Gasteiger partial charge in [0.05, 0.1) is 0 Å². The van der Waals surface area contributed by atoms with Crippen LogP contribution in [0.2, 0.25) is 0 Å². The van der Waals surface area contributed by atoms with Crippen LogP contribution >= 0.6 is 7.82 Å². The molecule has 1 aliphatic carbocycles. The molecule has 0 heterocycles. The van der Waals surface area contributed by atoms with Crippen LogP contribution in [-0.2, 0) is 13.6 Å². The number of hydrogen-bond donors (Lipinski definition) is 1. The van der Waals surface area contributed by atoms with Gasteiger partial charge in [0.2, 0.25) is 0 Å². The van der Waals surface area contributed by atoms with Crippen LogP contribution in [0.4, 0.5) is 0 Å². The van der Waals surface area contributed by atoms with E-state index in [1.807, 2.05) is 6.08 Å². The van der Waals surface area contributed by atoms with Crippen molar-refractivity contribution in [3.05, 3.63) is 24.0 Å². The van der Waals surface area contributed by atoms with Crippen LogP contribution in [0.25, 0.3) is 0 Å². The molecule has 1 rings (SSSR count). The summed E-state index contributed by atoms with van der Waals surface area (Å²) >= 11 is 0. The lowest BCUT2D eigenvalue weighted by Gasteiger charge is -2.10. The van der Waals surface area contributed by atoms with Crippen molar-refractivity contribution in [3.63, 3.8) is 0 Å². The van der Waals surface area contributed by atoms with E-state index in [-0.39, 0.29) is 0 Å². The second-order valence-electron chi connectivity index (χ2n) is 2.01. The van der Waals surface area contributed by atoms with Gasteiger partial charge < -0.3 is 4.52 Å². The topological polar surface area (TPSA) is 55.8 Å². The monoisotopic (exact) mass is 176 g/mol. The maximum Gasteiger partial charge on any atom is 0.526 e. The highest BCUT2D eigenvalue weighted by Crippen LogP contribution is 2.45. The van der Waals surface area contributed by atoms with E-state index < -0.39 is 7.82 Å². The summed E-state index contributed by atoms with van der Waals surface area (Å²) in [6.07, 6.45) is 5.76. The van der Waals surface area contributed by atoms with Crippen LogP contribution in [-0.4, -0.2) is 12.0 Å². The number of allylic oxidation sites excluding steroid dienone is 3. The van der Waals surface area contributed by atoms with Crippen molar-refractivity contribution in [2.24, 2.45) is 0 Å². The smallest absolute Gasteiger partial charge is 0.408 e. The number of phosphoric acid groups is 1. The first kappa shape index (κ1) is 8.53. The molecule has 0 amide bonds. The van der Waals surface area contributed by atoms with Crippen molar-refractivity contribution < 1.29 is 18.5 Å². The molecule has 0 aromatic carbocycles. The van der Waals surface area contributed by atoms with E-state index in [9.17, 15) is 4.57 Å². The Morgan fingerprint density at radius 2 is 2.45 bits per heavy atom. The van der Waals surface area contributed by atoms with Gasteiger partial charge in [-0.3, -0.25) is 9.42 Å². The van der Waals surface area contributed by atoms with Gasteiger partial charge in [-0.2, -0.15) is 0 Å². The zero-order chi connectivity index (χ0) is 8.32. The first-order chi connectivity index (χ1) is 5.14. The van der Waals surface area contributed by atoms with Gasteiger partial charge in [0, 0.05) is 13.5 Å². The molecule has 0 saturated carbocycles. The van der Waals surface area contributed by atoms with Crippen molar-refractivity contribution in [2.45, 2.75) is 6.42 Å². The van der Waals surface area contributed by atoms with E-state index in [0.29, 0.717) is 12.2 Å². The van der Waals surface area contributed by atoms with Crippen LogP contribution in [0.15, 0.2) is 24.0 Å². The summed E-state index contributed by atoms with van der Waals surface area (Å²) in [5.41, 5.74) is 0. The average molecular weight is 176 g/mol. The minimum absolute atomic E-state index is 0.456. The molecule has 1 atom stereocenters. The van der Waals surface area contributed by atoms with Crippen molar-refractivity contribution in [1.29, 1.82) is 0 Å². The van der Waals surface area contributed by atoms with Gasteiger partial charge in [0.1, 0.15) is 5.76 Å². The first-order valence-electron chi connectivity index (χ1n) is 3.08. The van der Waals surface area contributed by atoms with E-state index in [0.717, 1.165) is 7.11 Å². The average Bonchev–Trinajstić information content (AvgIpc) is 2.39. The van der Waals surface area contributed by atoms with Crippen LogP contribution in [0.5, 0.6) is 0 Å². The maximum atomic E-state index is 10.8. The molecule has 0 saturated heterocycles. The summed E-state index contributed by atoms with van der Waals surface area (Å²) in [5, 5.41) is 0. The summed E-state index contributed by atoms with van der Waals surface area (Å²) in [6.45, 7) is 0. The molecule has 0 aromatic rings. The molecular weight excluding hydrogens is 167 g/mol. The number of phosphoric ester groups is 1. The van der Waals surface area contributed by atoms with E-state index in [2.05, 4.69) is 9.05 Å². The molecule has 1 aliphatic rings. The second-order valence-corrected chi connectivity index (χ2v) is 3.49. The standard InChI is InChI=1S/C6H9O4P/c1-9-11(7,8)10-6-4-2-3-5-6/h2-4H,5H2,1H3,(H,7,8). The lowest BCUT2D eigenvalue weighted by molar-refractivity contribution is 0.208. The third-order valence-electron chi connectivity index (χ3n) is 1.20. The van der Waals surface area contributed by atoms with Gasteiger partial charge >= 0.3 is 7.82 Å². The van der Waals surface area contributed by atoms with Gasteiger partial charge in [0.15, 0.2) is 0 Å². The normalized spacial score (nSPS) is 21.1. The number of rotatable bonds is 3. The summed E-state index contributed by atoms with van der Waals surface area (Å²) in [4.78, 5) is 8.83. The predicted molar refractivity (Wildman–Crippen MR) is 39.8 cm³/mol. The lowest BCUT2D eigenvalue weighted by atomic mass is 10.4. The van der Waals surface area contributed by atoms with Crippen molar-refractivity contribution in [1.82, 2.24) is 0 Å². The molecule has 4 nitrogen and oxygen atoms in total. The first-order valence-corrected chi connectivity index (χ1v) is 4.57. The fourth-order valence-electron chi connectivity index (χ4n) is 0.681. The van der Waals surface area contributed by atoms with Crippen LogP contribution in [0.3, 0.4) is 0 Å². The molecule has 0 fully saturated rings. The van der Waals surface area contributed by atoms with Crippen LogP contribution < -0.4 is 0 Å².